The summed E-state index contributed by atoms with van der Waals surface area (Å²) in [7, 11) is -4.67. The minimum atomic E-state index is -4.67. The van der Waals surface area contributed by atoms with E-state index in [2.05, 4.69) is 0 Å². The molecule has 0 aromatic rings. The van der Waals surface area contributed by atoms with Gasteiger partial charge in [0.25, 0.3) is 0 Å². The van der Waals surface area contributed by atoms with Crippen molar-refractivity contribution in [3.8, 4) is 0 Å². The Balaban J connectivity index is -0.00000000800. The topological polar surface area (TPSA) is 74.6 Å². The molecule has 0 radical (unpaired) electrons. The maximum atomic E-state index is 8.74. The van der Waals surface area contributed by atoms with E-state index in [4.69, 9.17) is 17.5 Å². The average Bonchev–Trinajstić information content (AvgIpc) is 0.722. The van der Waals surface area contributed by atoms with Crippen LogP contribution in [0.5, 0.6) is 0 Å². The van der Waals surface area contributed by atoms with Crippen molar-refractivity contribution in [3.05, 3.63) is 0 Å². The fourth-order valence-electron chi connectivity index (χ4n) is 0. The zero-order valence-corrected chi connectivity index (χ0v) is 2.94. The third-order valence-corrected chi connectivity index (χ3v) is 0. The van der Waals surface area contributed by atoms with Gasteiger partial charge in [0.05, 0.1) is 0 Å². The first-order valence-corrected chi connectivity index (χ1v) is 2.10. The van der Waals surface area contributed by atoms with Gasteiger partial charge in [0.1, 0.15) is 0 Å². The fourth-order valence-corrected chi connectivity index (χ4v) is 0. The van der Waals surface area contributed by atoms with Gasteiger partial charge in [-0.2, -0.15) is 8.42 Å². The molecule has 0 aromatic carbocycles. The molecule has 0 rings (SSSR count). The minimum absolute atomic E-state index is 0. The van der Waals surface area contributed by atoms with Gasteiger partial charge in [-0.05, 0) is 0 Å². The fraction of sp³-hybridized carbons (Fsp3) is 0. The van der Waals surface area contributed by atoms with Crippen molar-refractivity contribution < 1.29 is 17.5 Å². The molecule has 10 heavy (non-hydrogen) atoms. The van der Waals surface area contributed by atoms with Crippen molar-refractivity contribution in [3.63, 3.8) is 0 Å². The van der Waals surface area contributed by atoms with Gasteiger partial charge in [0.15, 0.2) is 0 Å². The van der Waals surface area contributed by atoms with E-state index in [0.29, 0.717) is 0 Å². The Morgan fingerprint density at radius 3 is 0.700 bits per heavy atom. The second-order valence-electron chi connectivity index (χ2n) is 0.448. The van der Waals surface area contributed by atoms with E-state index in [-0.39, 0.29) is 257 Å². The number of hydrogen-bond acceptors (Lipinski definition) is 2. The predicted molar refractivity (Wildman–Crippen MR) is 49.9 cm³/mol. The third-order valence-electron chi connectivity index (χ3n) is 0. The quantitative estimate of drug-likeness (QED) is 0.354. The van der Waals surface area contributed by atoms with Crippen molar-refractivity contribution in [1.82, 2.24) is 0 Å². The molecule has 0 amide bonds. The van der Waals surface area contributed by atoms with Crippen molar-refractivity contribution in [2.24, 2.45) is 0 Å². The van der Waals surface area contributed by atoms with Crippen molar-refractivity contribution in [2.45, 2.75) is 0 Å². The molecule has 0 fully saturated rings. The van der Waals surface area contributed by atoms with Crippen LogP contribution < -0.4 is 0 Å². The van der Waals surface area contributed by atoms with E-state index in [1.54, 1.807) is 0 Å². The standard InChI is InChI=1S/5K.H2O4S.5H/c;;;;;1-5(2,3)4;;;;;/h;;;;;(H2,1,2,3,4);;;;;. The molecule has 0 atom stereocenters. The molecular weight excluding hydrogens is 292 g/mol. The molecule has 0 saturated carbocycles. The van der Waals surface area contributed by atoms with Crippen LogP contribution in [0.25, 0.3) is 0 Å². The van der Waals surface area contributed by atoms with E-state index >= 15 is 0 Å². The van der Waals surface area contributed by atoms with Crippen LogP contribution in [0.3, 0.4) is 0 Å². The van der Waals surface area contributed by atoms with E-state index < -0.39 is 10.4 Å². The summed E-state index contributed by atoms with van der Waals surface area (Å²) in [6, 6.07) is 0. The zero-order valence-electron chi connectivity index (χ0n) is 2.12. The van der Waals surface area contributed by atoms with Crippen LogP contribution in [0.4, 0.5) is 0 Å². The molecule has 0 aromatic heterocycles. The summed E-state index contributed by atoms with van der Waals surface area (Å²) in [6.45, 7) is 0. The van der Waals surface area contributed by atoms with E-state index in [1.165, 1.54) is 0 Å². The van der Waals surface area contributed by atoms with Crippen molar-refractivity contribution >= 4 is 267 Å². The van der Waals surface area contributed by atoms with Crippen LogP contribution in [-0.4, -0.2) is 274 Å². The number of rotatable bonds is 0. The molecule has 4 nitrogen and oxygen atoms in total. The van der Waals surface area contributed by atoms with Crippen LogP contribution in [0, 0.1) is 0 Å². The summed E-state index contributed by atoms with van der Waals surface area (Å²) in [4.78, 5) is 0. The van der Waals surface area contributed by atoms with Crippen LogP contribution in [0.1, 0.15) is 0 Å². The molecule has 0 heterocycles. The second-order valence-corrected chi connectivity index (χ2v) is 1.34. The van der Waals surface area contributed by atoms with E-state index in [0.717, 1.165) is 0 Å². The summed E-state index contributed by atoms with van der Waals surface area (Å²) in [6.07, 6.45) is 0. The Hall–Kier alpha value is 8.05. The van der Waals surface area contributed by atoms with Crippen LogP contribution in [0.2, 0.25) is 0 Å². The Morgan fingerprint density at radius 2 is 0.700 bits per heavy atom. The molecule has 0 unspecified atom stereocenters. The Bertz CT molecular complexity index is 96.8. The average molecular weight is 299 g/mol. The molecule has 10 heteroatoms. The van der Waals surface area contributed by atoms with Crippen molar-refractivity contribution in [1.29, 1.82) is 0 Å². The maximum absolute atomic E-state index is 8.74. The summed E-state index contributed by atoms with van der Waals surface area (Å²) >= 11 is 0. The van der Waals surface area contributed by atoms with Crippen molar-refractivity contribution in [2.75, 3.05) is 0 Å². The SMILES string of the molecule is O=S(=O)(O)O.[KH].[KH].[KH].[KH].[KH]. The summed E-state index contributed by atoms with van der Waals surface area (Å²) < 4.78 is 31.6. The molecule has 0 spiro atoms. The molecule has 0 saturated heterocycles. The van der Waals surface area contributed by atoms with Gasteiger partial charge in [-0.25, -0.2) is 0 Å². The molecule has 0 aliphatic rings. The van der Waals surface area contributed by atoms with Crippen LogP contribution in [0.15, 0.2) is 0 Å². The van der Waals surface area contributed by atoms with Crippen LogP contribution >= 0.6 is 0 Å². The van der Waals surface area contributed by atoms with Crippen LogP contribution in [-0.2, 0) is 10.4 Å². The second kappa shape index (κ2) is 22.3. The first-order valence-electron chi connectivity index (χ1n) is 0.698. The zero-order chi connectivity index (χ0) is 4.50. The van der Waals surface area contributed by atoms with Gasteiger partial charge in [-0.1, -0.05) is 0 Å². The van der Waals surface area contributed by atoms with Gasteiger partial charge in [-0.15, -0.1) is 0 Å². The summed E-state index contributed by atoms with van der Waals surface area (Å²) in [5.41, 5.74) is 0. The monoisotopic (exact) mass is 298 g/mol. The summed E-state index contributed by atoms with van der Waals surface area (Å²) in [5.74, 6) is 0. The molecule has 0 aliphatic heterocycles. The Labute approximate surface area is 274 Å². The Kier molecular flexibility index (Phi) is 80.4. The summed E-state index contributed by atoms with van der Waals surface area (Å²) in [5, 5.41) is 0. The first kappa shape index (κ1) is 36.1. The van der Waals surface area contributed by atoms with Gasteiger partial charge < -0.3 is 0 Å². The van der Waals surface area contributed by atoms with Gasteiger partial charge >= 0.3 is 267 Å². The molecule has 2 N–H and O–H groups in total. The van der Waals surface area contributed by atoms with Gasteiger partial charge in [-0.3, -0.25) is 9.11 Å². The first-order chi connectivity index (χ1) is 2.00. The molecular formula is H7K5O4S. The molecule has 42 valence electrons. The van der Waals surface area contributed by atoms with E-state index in [9.17, 15) is 0 Å². The van der Waals surface area contributed by atoms with Gasteiger partial charge in [0, 0.05) is 0 Å². The van der Waals surface area contributed by atoms with E-state index in [1.807, 2.05) is 0 Å². The normalized spacial score (nSPS) is 5.80. The Morgan fingerprint density at radius 1 is 0.700 bits per heavy atom. The predicted octanol–water partition coefficient (Wildman–Crippen LogP) is -3.90. The number of hydrogen-bond donors (Lipinski definition) is 2. The third kappa shape index (κ3) is 56.1. The molecule has 0 bridgehead atoms. The van der Waals surface area contributed by atoms with Gasteiger partial charge in [0.2, 0.25) is 0 Å². The molecule has 0 aliphatic carbocycles.